The number of aromatic nitrogens is 2. The van der Waals surface area contributed by atoms with E-state index in [0.717, 1.165) is 11.4 Å². The van der Waals surface area contributed by atoms with E-state index in [4.69, 9.17) is 14.2 Å². The van der Waals surface area contributed by atoms with Gasteiger partial charge in [-0.15, -0.1) is 0 Å². The van der Waals surface area contributed by atoms with Crippen molar-refractivity contribution in [2.45, 2.75) is 12.8 Å². The average Bonchev–Trinajstić information content (AvgIpc) is 3.20. The molecule has 0 fully saturated rings. The van der Waals surface area contributed by atoms with Gasteiger partial charge in [0.2, 0.25) is 5.91 Å². The number of nitrogens with one attached hydrogen (secondary N) is 2. The molecule has 4 rings (SSSR count). The monoisotopic (exact) mass is 496 g/mol. The predicted octanol–water partition coefficient (Wildman–Crippen LogP) is 1.62. The minimum atomic E-state index is -0.248. The Morgan fingerprint density at radius 2 is 2.03 bits per heavy atom. The molecule has 3 heterocycles. The number of anilines is 2. The molecule has 2 amide bonds. The molecule has 0 spiro atoms. The molecule has 0 atom stereocenters. The fraction of sp³-hybridized carbons (Fsp3) is 0.440. The molecule has 2 N–H and O–H groups in total. The molecule has 0 radical (unpaired) electrons. The third-order valence-corrected chi connectivity index (χ3v) is 6.19. The molecule has 2 aliphatic heterocycles. The normalized spacial score (nSPS) is 18.6. The zero-order chi connectivity index (χ0) is 25.5. The number of methoxy groups -OCH3 is 2. The lowest BCUT2D eigenvalue weighted by Crippen LogP contribution is -2.41. The van der Waals surface area contributed by atoms with Crippen LogP contribution in [-0.4, -0.2) is 92.2 Å². The first-order valence-electron chi connectivity index (χ1n) is 11.9. The summed E-state index contributed by atoms with van der Waals surface area (Å²) in [5, 5.41) is 6.01. The highest BCUT2D eigenvalue weighted by molar-refractivity contribution is 6.31. The van der Waals surface area contributed by atoms with Gasteiger partial charge in [-0.1, -0.05) is 0 Å². The van der Waals surface area contributed by atoms with E-state index in [-0.39, 0.29) is 18.4 Å². The summed E-state index contributed by atoms with van der Waals surface area (Å²) in [5.41, 5.74) is 2.62. The van der Waals surface area contributed by atoms with Crippen LogP contribution in [0.15, 0.2) is 30.7 Å². The number of carbonyl (C=O) groups is 2. The third kappa shape index (κ3) is 5.92. The molecular weight excluding hydrogens is 464 g/mol. The Balaban J connectivity index is 1.65. The van der Waals surface area contributed by atoms with Crippen molar-refractivity contribution in [1.29, 1.82) is 0 Å². The maximum Gasteiger partial charge on any atom is 0.259 e. The fourth-order valence-corrected chi connectivity index (χ4v) is 4.15. The molecule has 36 heavy (non-hydrogen) atoms. The van der Waals surface area contributed by atoms with E-state index in [0.29, 0.717) is 74.1 Å². The van der Waals surface area contributed by atoms with Gasteiger partial charge in [0.15, 0.2) is 11.5 Å². The Bertz CT molecular complexity index is 1140. The Kier molecular flexibility index (Phi) is 8.34. The molecule has 2 aliphatic rings. The van der Waals surface area contributed by atoms with Gasteiger partial charge in [0.25, 0.3) is 5.91 Å². The van der Waals surface area contributed by atoms with E-state index in [1.165, 1.54) is 6.33 Å². The van der Waals surface area contributed by atoms with Gasteiger partial charge >= 0.3 is 0 Å². The number of carbonyl (C=O) groups excluding carboxylic acids is 2. The predicted molar refractivity (Wildman–Crippen MR) is 135 cm³/mol. The number of hydrogen-bond donors (Lipinski definition) is 2. The zero-order valence-electron chi connectivity index (χ0n) is 20.9. The second-order valence-electron chi connectivity index (χ2n) is 8.60. The summed E-state index contributed by atoms with van der Waals surface area (Å²) < 4.78 is 16.7. The first kappa shape index (κ1) is 25.4. The molecule has 1 aromatic carbocycles. The van der Waals surface area contributed by atoms with Gasteiger partial charge in [0.05, 0.1) is 37.1 Å². The first-order chi connectivity index (χ1) is 17.5. The van der Waals surface area contributed by atoms with E-state index in [9.17, 15) is 9.59 Å². The van der Waals surface area contributed by atoms with Crippen LogP contribution in [0.2, 0.25) is 0 Å². The summed E-state index contributed by atoms with van der Waals surface area (Å²) in [6.45, 7) is 2.85. The highest BCUT2D eigenvalue weighted by Crippen LogP contribution is 2.34. The number of benzene rings is 1. The minimum absolute atomic E-state index is 0.0151. The molecule has 2 aromatic rings. The maximum absolute atomic E-state index is 12.9. The van der Waals surface area contributed by atoms with E-state index < -0.39 is 0 Å². The highest BCUT2D eigenvalue weighted by Gasteiger charge is 2.29. The van der Waals surface area contributed by atoms with Gasteiger partial charge in [0.1, 0.15) is 18.8 Å². The Labute approximate surface area is 210 Å². The van der Waals surface area contributed by atoms with Crippen LogP contribution in [0.5, 0.6) is 11.5 Å². The van der Waals surface area contributed by atoms with Gasteiger partial charge in [-0.05, 0) is 25.0 Å². The van der Waals surface area contributed by atoms with E-state index in [1.54, 1.807) is 38.4 Å². The van der Waals surface area contributed by atoms with Crippen LogP contribution in [-0.2, 0) is 20.7 Å². The summed E-state index contributed by atoms with van der Waals surface area (Å²) in [5.74, 6) is 1.40. The molecule has 2 bridgehead atoms. The molecule has 0 saturated carbocycles. The number of fused-ring (bicyclic) bond motifs is 2. The topological polar surface area (TPSA) is 118 Å². The SMILES string of the molecule is COCCN1CCOc2cc(ccc2OC)N/C=C2\C(=O)Nc3ncnc(c32)CCCN(C)C(=O)C1. The average molecular weight is 497 g/mol. The molecule has 192 valence electrons. The van der Waals surface area contributed by atoms with E-state index in [2.05, 4.69) is 20.6 Å². The van der Waals surface area contributed by atoms with E-state index in [1.807, 2.05) is 17.0 Å². The van der Waals surface area contributed by atoms with Crippen LogP contribution in [0.3, 0.4) is 0 Å². The van der Waals surface area contributed by atoms with Crippen LogP contribution in [0.1, 0.15) is 17.7 Å². The molecule has 0 unspecified atom stereocenters. The number of likely N-dealkylation sites (N-methyl/N-ethyl adjacent to an activating group) is 1. The zero-order valence-corrected chi connectivity index (χ0v) is 20.9. The maximum atomic E-state index is 12.9. The fourth-order valence-electron chi connectivity index (χ4n) is 4.15. The molecule has 11 nitrogen and oxygen atoms in total. The third-order valence-electron chi connectivity index (χ3n) is 6.19. The quantitative estimate of drug-likeness (QED) is 0.651. The van der Waals surface area contributed by atoms with Crippen LogP contribution in [0.25, 0.3) is 5.57 Å². The smallest absolute Gasteiger partial charge is 0.259 e. The van der Waals surface area contributed by atoms with Crippen molar-refractivity contribution < 1.29 is 23.8 Å². The Morgan fingerprint density at radius 1 is 1.17 bits per heavy atom. The standard InChI is InChI=1S/C25H32N6O5/c1-30-8-4-5-19-23-18(25(33)29-24(23)28-16-27-19)14-26-17-6-7-20(35-3)21(13-17)36-12-10-31(9-11-34-2)15-22(30)32/h6-7,13-14,16,26H,4-5,8-12,15H2,1-3H3,(H,27,28,29,33)/b18-14-. The summed E-state index contributed by atoms with van der Waals surface area (Å²) in [6, 6.07) is 5.46. The first-order valence-corrected chi connectivity index (χ1v) is 11.9. The summed E-state index contributed by atoms with van der Waals surface area (Å²) in [4.78, 5) is 38.0. The molecule has 0 aliphatic carbocycles. The van der Waals surface area contributed by atoms with E-state index >= 15 is 0 Å². The van der Waals surface area contributed by atoms with Crippen molar-refractivity contribution in [3.05, 3.63) is 42.0 Å². The van der Waals surface area contributed by atoms with Gasteiger partial charge in [-0.3, -0.25) is 14.5 Å². The highest BCUT2D eigenvalue weighted by atomic mass is 16.5. The molecular formula is C25H32N6O5. The number of ether oxygens (including phenoxy) is 3. The van der Waals surface area contributed by atoms with Gasteiger partial charge in [-0.2, -0.15) is 0 Å². The largest absolute Gasteiger partial charge is 0.493 e. The summed E-state index contributed by atoms with van der Waals surface area (Å²) in [6.07, 6.45) is 4.41. The van der Waals surface area contributed by atoms with Crippen molar-refractivity contribution in [3.63, 3.8) is 0 Å². The lowest BCUT2D eigenvalue weighted by molar-refractivity contribution is -0.131. The van der Waals surface area contributed by atoms with Gasteiger partial charge in [0, 0.05) is 51.7 Å². The Morgan fingerprint density at radius 3 is 2.83 bits per heavy atom. The lowest BCUT2D eigenvalue weighted by Gasteiger charge is -2.25. The molecule has 1 aromatic heterocycles. The van der Waals surface area contributed by atoms with Crippen LogP contribution < -0.4 is 20.1 Å². The van der Waals surface area contributed by atoms with Crippen molar-refractivity contribution in [2.75, 3.05) is 71.3 Å². The minimum Gasteiger partial charge on any atom is -0.493 e. The van der Waals surface area contributed by atoms with Crippen molar-refractivity contribution in [3.8, 4) is 11.5 Å². The second-order valence-corrected chi connectivity index (χ2v) is 8.60. The van der Waals surface area contributed by atoms with Gasteiger partial charge in [-0.25, -0.2) is 9.97 Å². The molecule has 11 heteroatoms. The van der Waals surface area contributed by atoms with Crippen LogP contribution >= 0.6 is 0 Å². The summed E-state index contributed by atoms with van der Waals surface area (Å²) >= 11 is 0. The van der Waals surface area contributed by atoms with Crippen molar-refractivity contribution >= 4 is 28.9 Å². The Hall–Kier alpha value is -3.70. The van der Waals surface area contributed by atoms with Crippen LogP contribution in [0, 0.1) is 0 Å². The molecule has 0 saturated heterocycles. The summed E-state index contributed by atoms with van der Waals surface area (Å²) in [7, 11) is 5.02. The number of amides is 2. The number of rotatable bonds is 4. The van der Waals surface area contributed by atoms with Crippen LogP contribution in [0.4, 0.5) is 11.5 Å². The number of aryl methyl sites for hydroxylation is 1. The van der Waals surface area contributed by atoms with Gasteiger partial charge < -0.3 is 29.7 Å². The lowest BCUT2D eigenvalue weighted by atomic mass is 10.0. The second kappa shape index (κ2) is 11.8. The number of hydrogen-bond acceptors (Lipinski definition) is 9. The van der Waals surface area contributed by atoms with Crippen molar-refractivity contribution in [1.82, 2.24) is 19.8 Å². The van der Waals surface area contributed by atoms with Crippen molar-refractivity contribution in [2.24, 2.45) is 0 Å². The number of nitrogens with zero attached hydrogens (tertiary/aromatic N) is 4.